The first-order valence-corrected chi connectivity index (χ1v) is 6.96. The molecule has 1 N–H and O–H groups in total. The van der Waals surface area contributed by atoms with Crippen LogP contribution in [0, 0.1) is 5.82 Å². The van der Waals surface area contributed by atoms with Gasteiger partial charge in [-0.1, -0.05) is 12.1 Å². The molecule has 2 unspecified atom stereocenters. The van der Waals surface area contributed by atoms with Gasteiger partial charge in [0.15, 0.2) is 0 Å². The van der Waals surface area contributed by atoms with Crippen LogP contribution in [0.3, 0.4) is 0 Å². The van der Waals surface area contributed by atoms with Crippen molar-refractivity contribution in [3.8, 4) is 0 Å². The lowest BCUT2D eigenvalue weighted by molar-refractivity contribution is 0.216. The van der Waals surface area contributed by atoms with Crippen molar-refractivity contribution in [1.29, 1.82) is 0 Å². The van der Waals surface area contributed by atoms with E-state index < -0.39 is 0 Å². The highest BCUT2D eigenvalue weighted by molar-refractivity contribution is 5.35. The number of benzene rings is 1. The van der Waals surface area contributed by atoms with E-state index in [1.54, 1.807) is 6.07 Å². The number of rotatable bonds is 2. The molecule has 3 rings (SSSR count). The van der Waals surface area contributed by atoms with Crippen molar-refractivity contribution in [2.24, 2.45) is 0 Å². The van der Waals surface area contributed by atoms with Crippen LogP contribution in [0.4, 0.5) is 4.39 Å². The van der Waals surface area contributed by atoms with Gasteiger partial charge >= 0.3 is 0 Å². The van der Waals surface area contributed by atoms with Gasteiger partial charge in [-0.2, -0.15) is 0 Å². The molecular weight excluding hydrogens is 227 g/mol. The number of nitrogens with zero attached hydrogens (tertiary/aromatic N) is 1. The van der Waals surface area contributed by atoms with E-state index in [1.165, 1.54) is 24.9 Å². The minimum atomic E-state index is -0.0300. The molecule has 0 saturated carbocycles. The van der Waals surface area contributed by atoms with Gasteiger partial charge in [0.05, 0.1) is 0 Å². The highest BCUT2D eigenvalue weighted by Gasteiger charge is 2.27. The predicted molar refractivity (Wildman–Crippen MR) is 71.1 cm³/mol. The maximum Gasteiger partial charge on any atom is 0.126 e. The summed E-state index contributed by atoms with van der Waals surface area (Å²) in [5, 5.41) is 3.72. The fourth-order valence-corrected chi connectivity index (χ4v) is 3.37. The third kappa shape index (κ3) is 2.29. The van der Waals surface area contributed by atoms with Crippen LogP contribution in [-0.4, -0.2) is 31.1 Å². The lowest BCUT2D eigenvalue weighted by atomic mass is 10.0. The molecule has 1 aliphatic carbocycles. The van der Waals surface area contributed by atoms with Gasteiger partial charge in [-0.05, 0) is 56.5 Å². The first kappa shape index (κ1) is 12.1. The van der Waals surface area contributed by atoms with Crippen molar-refractivity contribution in [2.45, 2.75) is 37.8 Å². The maximum atomic E-state index is 13.7. The Morgan fingerprint density at radius 1 is 1.33 bits per heavy atom. The van der Waals surface area contributed by atoms with Crippen molar-refractivity contribution < 1.29 is 4.39 Å². The van der Waals surface area contributed by atoms with Crippen molar-refractivity contribution in [1.82, 2.24) is 10.2 Å². The van der Waals surface area contributed by atoms with Gasteiger partial charge in [0.1, 0.15) is 5.82 Å². The van der Waals surface area contributed by atoms with E-state index in [-0.39, 0.29) is 5.82 Å². The van der Waals surface area contributed by atoms with Gasteiger partial charge < -0.3 is 10.2 Å². The Hall–Kier alpha value is -0.930. The highest BCUT2D eigenvalue weighted by atomic mass is 19.1. The molecule has 2 aliphatic rings. The van der Waals surface area contributed by atoms with Crippen molar-refractivity contribution in [3.63, 3.8) is 0 Å². The molecule has 98 valence electrons. The van der Waals surface area contributed by atoms with E-state index in [0.717, 1.165) is 24.9 Å². The zero-order chi connectivity index (χ0) is 12.5. The summed E-state index contributed by atoms with van der Waals surface area (Å²) < 4.78 is 13.7. The molecule has 1 aromatic carbocycles. The number of likely N-dealkylation sites (tertiary alicyclic amines) is 1. The number of halogens is 1. The van der Waals surface area contributed by atoms with E-state index in [0.29, 0.717) is 12.1 Å². The molecular formula is C15H21FN2. The first-order valence-electron chi connectivity index (χ1n) is 6.96. The Labute approximate surface area is 108 Å². The van der Waals surface area contributed by atoms with Crippen molar-refractivity contribution in [2.75, 3.05) is 20.1 Å². The molecule has 0 bridgehead atoms. The molecule has 0 aromatic heterocycles. The van der Waals surface area contributed by atoms with Gasteiger partial charge in [-0.25, -0.2) is 4.39 Å². The second-order valence-electron chi connectivity index (χ2n) is 5.67. The summed E-state index contributed by atoms with van der Waals surface area (Å²) >= 11 is 0. The Balaban J connectivity index is 1.71. The Kier molecular flexibility index (Phi) is 3.35. The van der Waals surface area contributed by atoms with Crippen molar-refractivity contribution in [3.05, 3.63) is 35.1 Å². The summed E-state index contributed by atoms with van der Waals surface area (Å²) in [5.74, 6) is -0.0300. The van der Waals surface area contributed by atoms with Crippen LogP contribution >= 0.6 is 0 Å². The van der Waals surface area contributed by atoms with Crippen LogP contribution in [0.2, 0.25) is 0 Å². The number of hydrogen-bond acceptors (Lipinski definition) is 2. The summed E-state index contributed by atoms with van der Waals surface area (Å²) in [7, 11) is 2.18. The molecule has 1 aliphatic heterocycles. The molecule has 2 nitrogen and oxygen atoms in total. The molecule has 0 spiro atoms. The zero-order valence-corrected chi connectivity index (χ0v) is 11.0. The summed E-state index contributed by atoms with van der Waals surface area (Å²) in [5.41, 5.74) is 2.11. The lowest BCUT2D eigenvalue weighted by Crippen LogP contribution is -2.44. The molecule has 3 heteroatoms. The highest BCUT2D eigenvalue weighted by Crippen LogP contribution is 2.33. The van der Waals surface area contributed by atoms with Crippen LogP contribution in [-0.2, 0) is 6.42 Å². The second-order valence-corrected chi connectivity index (χ2v) is 5.67. The van der Waals surface area contributed by atoms with Crippen LogP contribution in [0.25, 0.3) is 0 Å². The Bertz CT molecular complexity index is 433. The topological polar surface area (TPSA) is 15.3 Å². The predicted octanol–water partition coefficient (Wildman–Crippen LogP) is 2.50. The minimum absolute atomic E-state index is 0.0300. The molecule has 1 fully saturated rings. The van der Waals surface area contributed by atoms with Crippen LogP contribution < -0.4 is 5.32 Å². The minimum Gasteiger partial charge on any atom is -0.306 e. The molecule has 18 heavy (non-hydrogen) atoms. The zero-order valence-electron chi connectivity index (χ0n) is 11.0. The largest absolute Gasteiger partial charge is 0.306 e. The maximum absolute atomic E-state index is 13.7. The smallest absolute Gasteiger partial charge is 0.126 e. The summed E-state index contributed by atoms with van der Waals surface area (Å²) in [6.45, 7) is 2.31. The number of likely N-dealkylation sites (N-methyl/N-ethyl adjacent to an activating group) is 1. The Morgan fingerprint density at radius 2 is 2.22 bits per heavy atom. The fraction of sp³-hybridized carbons (Fsp3) is 0.600. The standard InChI is InChI=1S/C15H21FN2/c1-18-9-3-4-11(10-18)17-15-8-7-12-13(15)5-2-6-14(12)16/h2,5-6,11,15,17H,3-4,7-10H2,1H3. The molecule has 0 radical (unpaired) electrons. The SMILES string of the molecule is CN1CCCC(NC2CCc3c(F)cccc32)C1. The third-order valence-electron chi connectivity index (χ3n) is 4.27. The van der Waals surface area contributed by atoms with Gasteiger partial charge in [0, 0.05) is 18.6 Å². The van der Waals surface area contributed by atoms with Gasteiger partial charge in [0.25, 0.3) is 0 Å². The molecule has 1 heterocycles. The number of fused-ring (bicyclic) bond motifs is 1. The number of nitrogens with one attached hydrogen (secondary N) is 1. The van der Waals surface area contributed by atoms with Crippen molar-refractivity contribution >= 4 is 0 Å². The summed E-state index contributed by atoms with van der Waals surface area (Å²) in [4.78, 5) is 2.38. The summed E-state index contributed by atoms with van der Waals surface area (Å²) in [6, 6.07) is 6.40. The van der Waals surface area contributed by atoms with E-state index in [2.05, 4.69) is 23.3 Å². The molecule has 0 amide bonds. The quantitative estimate of drug-likeness (QED) is 0.865. The first-order chi connectivity index (χ1) is 8.74. The normalized spacial score (nSPS) is 28.3. The van der Waals surface area contributed by atoms with E-state index in [9.17, 15) is 4.39 Å². The number of hydrogen-bond donors (Lipinski definition) is 1. The van der Waals surface area contributed by atoms with Crippen LogP contribution in [0.5, 0.6) is 0 Å². The lowest BCUT2D eigenvalue weighted by Gasteiger charge is -2.32. The average molecular weight is 248 g/mol. The Morgan fingerprint density at radius 3 is 3.06 bits per heavy atom. The number of piperidine rings is 1. The average Bonchev–Trinajstić information content (AvgIpc) is 2.74. The summed E-state index contributed by atoms with van der Waals surface area (Å²) in [6.07, 6.45) is 4.42. The van der Waals surface area contributed by atoms with E-state index >= 15 is 0 Å². The second kappa shape index (κ2) is 4.98. The van der Waals surface area contributed by atoms with E-state index in [1.807, 2.05) is 6.07 Å². The van der Waals surface area contributed by atoms with E-state index in [4.69, 9.17) is 0 Å². The van der Waals surface area contributed by atoms with Gasteiger partial charge in [0.2, 0.25) is 0 Å². The molecule has 1 aromatic rings. The molecule has 1 saturated heterocycles. The van der Waals surface area contributed by atoms with Gasteiger partial charge in [-0.15, -0.1) is 0 Å². The van der Waals surface area contributed by atoms with Crippen LogP contribution in [0.15, 0.2) is 18.2 Å². The van der Waals surface area contributed by atoms with Crippen LogP contribution in [0.1, 0.15) is 36.4 Å². The monoisotopic (exact) mass is 248 g/mol. The third-order valence-corrected chi connectivity index (χ3v) is 4.27. The van der Waals surface area contributed by atoms with Gasteiger partial charge in [-0.3, -0.25) is 0 Å². The molecule has 2 atom stereocenters. The fourth-order valence-electron chi connectivity index (χ4n) is 3.37.